The van der Waals surface area contributed by atoms with E-state index in [1.165, 1.54) is 0 Å². The zero-order valence-corrected chi connectivity index (χ0v) is 13.0. The molecular formula is C17H25NO3. The molecule has 0 bridgehead atoms. The van der Waals surface area contributed by atoms with Crippen molar-refractivity contribution in [2.24, 2.45) is 5.92 Å². The molecule has 4 heteroatoms. The number of rotatable bonds is 7. The third kappa shape index (κ3) is 4.46. The number of carbonyl (C=O) groups is 1. The van der Waals surface area contributed by atoms with E-state index in [1.807, 2.05) is 32.0 Å². The summed E-state index contributed by atoms with van der Waals surface area (Å²) < 4.78 is 11.1. The van der Waals surface area contributed by atoms with Crippen molar-refractivity contribution in [2.45, 2.75) is 33.1 Å². The molecule has 1 saturated heterocycles. The zero-order valence-electron chi connectivity index (χ0n) is 13.0. The third-order valence-electron chi connectivity index (χ3n) is 3.74. The van der Waals surface area contributed by atoms with Crippen LogP contribution in [-0.4, -0.2) is 32.1 Å². The summed E-state index contributed by atoms with van der Waals surface area (Å²) in [4.78, 5) is 12.4. The Bertz CT molecular complexity index is 467. The number of nitrogens with one attached hydrogen (secondary N) is 1. The van der Waals surface area contributed by atoms with Gasteiger partial charge in [0, 0.05) is 12.0 Å². The summed E-state index contributed by atoms with van der Waals surface area (Å²) in [6.45, 7) is 7.03. The molecule has 1 fully saturated rings. The smallest absolute Gasteiger partial charge is 0.163 e. The summed E-state index contributed by atoms with van der Waals surface area (Å²) in [7, 11) is 0. The van der Waals surface area contributed by atoms with Gasteiger partial charge in [-0.25, -0.2) is 0 Å². The van der Waals surface area contributed by atoms with Gasteiger partial charge < -0.3 is 14.8 Å². The molecule has 4 nitrogen and oxygen atoms in total. The van der Waals surface area contributed by atoms with Crippen LogP contribution in [0.25, 0.3) is 0 Å². The molecule has 0 saturated carbocycles. The van der Waals surface area contributed by atoms with E-state index in [0.717, 1.165) is 25.9 Å². The molecule has 1 aromatic rings. The Morgan fingerprint density at radius 2 is 2.00 bits per heavy atom. The Morgan fingerprint density at radius 3 is 2.67 bits per heavy atom. The molecule has 0 aromatic heterocycles. The van der Waals surface area contributed by atoms with Gasteiger partial charge in [0.15, 0.2) is 17.3 Å². The first-order valence-corrected chi connectivity index (χ1v) is 7.88. The second-order valence-corrected chi connectivity index (χ2v) is 5.37. The van der Waals surface area contributed by atoms with Gasteiger partial charge in [0.1, 0.15) is 0 Å². The lowest BCUT2D eigenvalue weighted by molar-refractivity contribution is 0.0953. The number of carbonyl (C=O) groups excluding carboxylic acids is 1. The molecule has 1 aliphatic rings. The lowest BCUT2D eigenvalue weighted by Gasteiger charge is -2.22. The van der Waals surface area contributed by atoms with Crippen molar-refractivity contribution in [3.05, 3.63) is 23.8 Å². The van der Waals surface area contributed by atoms with Crippen LogP contribution < -0.4 is 14.8 Å². The lowest BCUT2D eigenvalue weighted by Crippen LogP contribution is -2.31. The Kier molecular flexibility index (Phi) is 6.05. The molecule has 0 amide bonds. The summed E-state index contributed by atoms with van der Waals surface area (Å²) in [5.74, 6) is 2.00. The van der Waals surface area contributed by atoms with Gasteiger partial charge in [0.25, 0.3) is 0 Å². The highest BCUT2D eigenvalue weighted by Gasteiger charge is 2.19. The van der Waals surface area contributed by atoms with E-state index in [1.54, 1.807) is 0 Å². The van der Waals surface area contributed by atoms with E-state index in [-0.39, 0.29) is 5.78 Å². The predicted octanol–water partition coefficient (Wildman–Crippen LogP) is 3.06. The monoisotopic (exact) mass is 291 g/mol. The van der Waals surface area contributed by atoms with Crippen LogP contribution in [0, 0.1) is 5.92 Å². The highest BCUT2D eigenvalue weighted by atomic mass is 16.5. The fourth-order valence-electron chi connectivity index (χ4n) is 2.70. The molecule has 1 unspecified atom stereocenters. The van der Waals surface area contributed by atoms with Crippen molar-refractivity contribution in [1.82, 2.24) is 5.32 Å². The number of hydrogen-bond donors (Lipinski definition) is 1. The molecule has 2 rings (SSSR count). The van der Waals surface area contributed by atoms with Crippen molar-refractivity contribution < 1.29 is 14.3 Å². The average molecular weight is 291 g/mol. The van der Waals surface area contributed by atoms with Crippen LogP contribution in [-0.2, 0) is 0 Å². The van der Waals surface area contributed by atoms with Gasteiger partial charge in [0.05, 0.1) is 13.2 Å². The van der Waals surface area contributed by atoms with Crippen LogP contribution >= 0.6 is 0 Å². The second kappa shape index (κ2) is 8.03. The Balaban J connectivity index is 2.07. The Hall–Kier alpha value is -1.55. The normalized spacial score (nSPS) is 18.3. The number of piperidine rings is 1. The van der Waals surface area contributed by atoms with Crippen molar-refractivity contribution in [1.29, 1.82) is 0 Å². The van der Waals surface area contributed by atoms with Gasteiger partial charge in [-0.05, 0) is 63.9 Å². The minimum atomic E-state index is 0.188. The van der Waals surface area contributed by atoms with Gasteiger partial charge in [-0.15, -0.1) is 0 Å². The fraction of sp³-hybridized carbons (Fsp3) is 0.588. The molecule has 1 aromatic carbocycles. The standard InChI is InChI=1S/C17H25NO3/c1-3-20-16-8-7-14(11-17(16)21-4-2)15(19)10-13-6-5-9-18-12-13/h7-8,11,13,18H,3-6,9-10,12H2,1-2H3. The van der Waals surface area contributed by atoms with Gasteiger partial charge >= 0.3 is 0 Å². The molecular weight excluding hydrogens is 266 g/mol. The van der Waals surface area contributed by atoms with E-state index in [4.69, 9.17) is 9.47 Å². The van der Waals surface area contributed by atoms with Crippen LogP contribution in [0.15, 0.2) is 18.2 Å². The second-order valence-electron chi connectivity index (χ2n) is 5.37. The van der Waals surface area contributed by atoms with Gasteiger partial charge in [0.2, 0.25) is 0 Å². The quantitative estimate of drug-likeness (QED) is 0.784. The maximum Gasteiger partial charge on any atom is 0.163 e. The molecule has 21 heavy (non-hydrogen) atoms. The van der Waals surface area contributed by atoms with Crippen LogP contribution in [0.1, 0.15) is 43.5 Å². The van der Waals surface area contributed by atoms with Crippen LogP contribution in [0.3, 0.4) is 0 Å². The summed E-state index contributed by atoms with van der Waals surface area (Å²) >= 11 is 0. The first-order valence-electron chi connectivity index (χ1n) is 7.88. The maximum absolute atomic E-state index is 12.4. The molecule has 0 radical (unpaired) electrons. The van der Waals surface area contributed by atoms with E-state index < -0.39 is 0 Å². The van der Waals surface area contributed by atoms with E-state index in [2.05, 4.69) is 5.32 Å². The summed E-state index contributed by atoms with van der Waals surface area (Å²) in [6, 6.07) is 5.49. The SMILES string of the molecule is CCOc1ccc(C(=O)CC2CCCNC2)cc1OCC. The van der Waals surface area contributed by atoms with Crippen LogP contribution in [0.2, 0.25) is 0 Å². The highest BCUT2D eigenvalue weighted by molar-refractivity contribution is 5.96. The molecule has 116 valence electrons. The van der Waals surface area contributed by atoms with Crippen molar-refractivity contribution in [3.63, 3.8) is 0 Å². The molecule has 0 spiro atoms. The topological polar surface area (TPSA) is 47.6 Å². The molecule has 1 heterocycles. The van der Waals surface area contributed by atoms with Crippen LogP contribution in [0.5, 0.6) is 11.5 Å². The van der Waals surface area contributed by atoms with Crippen molar-refractivity contribution in [2.75, 3.05) is 26.3 Å². The van der Waals surface area contributed by atoms with Crippen LogP contribution in [0.4, 0.5) is 0 Å². The third-order valence-corrected chi connectivity index (χ3v) is 3.74. The molecule has 1 atom stereocenters. The summed E-state index contributed by atoms with van der Waals surface area (Å²) in [5.41, 5.74) is 0.715. The van der Waals surface area contributed by atoms with Gasteiger partial charge in [-0.1, -0.05) is 0 Å². The predicted molar refractivity (Wildman–Crippen MR) is 83.3 cm³/mol. The molecule has 0 aliphatic carbocycles. The summed E-state index contributed by atoms with van der Waals surface area (Å²) in [6.07, 6.45) is 2.89. The number of hydrogen-bond acceptors (Lipinski definition) is 4. The summed E-state index contributed by atoms with van der Waals surface area (Å²) in [5, 5.41) is 3.35. The minimum Gasteiger partial charge on any atom is -0.490 e. The van der Waals surface area contributed by atoms with Crippen molar-refractivity contribution in [3.8, 4) is 11.5 Å². The van der Waals surface area contributed by atoms with Crippen molar-refractivity contribution >= 4 is 5.78 Å². The number of ketones is 1. The first-order chi connectivity index (χ1) is 10.2. The van der Waals surface area contributed by atoms with E-state index >= 15 is 0 Å². The highest BCUT2D eigenvalue weighted by Crippen LogP contribution is 2.29. The largest absolute Gasteiger partial charge is 0.490 e. The van der Waals surface area contributed by atoms with Gasteiger partial charge in [-0.3, -0.25) is 4.79 Å². The Morgan fingerprint density at radius 1 is 1.24 bits per heavy atom. The lowest BCUT2D eigenvalue weighted by atomic mass is 9.92. The van der Waals surface area contributed by atoms with Gasteiger partial charge in [-0.2, -0.15) is 0 Å². The molecule has 1 aliphatic heterocycles. The number of ether oxygens (including phenoxy) is 2. The van der Waals surface area contributed by atoms with E-state index in [9.17, 15) is 4.79 Å². The average Bonchev–Trinajstić information content (AvgIpc) is 2.50. The molecule has 1 N–H and O–H groups in total. The number of benzene rings is 1. The number of Topliss-reactive ketones (excluding diaryl/α,β-unsaturated/α-hetero) is 1. The maximum atomic E-state index is 12.4. The zero-order chi connectivity index (χ0) is 15.1. The van der Waals surface area contributed by atoms with E-state index in [0.29, 0.717) is 42.6 Å². The minimum absolute atomic E-state index is 0.188. The fourth-order valence-corrected chi connectivity index (χ4v) is 2.70. The first kappa shape index (κ1) is 15.8. The Labute approximate surface area is 126 Å².